The smallest absolute Gasteiger partial charge is 0.124 e. The Morgan fingerprint density at radius 3 is 1.73 bits per heavy atom. The number of rotatable bonds is 2. The molecule has 0 unspecified atom stereocenters. The lowest BCUT2D eigenvalue weighted by atomic mass is 10.2. The highest BCUT2D eigenvalue weighted by Gasteiger charge is 2.19. The second kappa shape index (κ2) is 5.95. The highest BCUT2D eigenvalue weighted by atomic mass is 15.0. The number of nitrogens with one attached hydrogen (secondary N) is 4. The van der Waals surface area contributed by atoms with E-state index in [1.807, 2.05) is 0 Å². The van der Waals surface area contributed by atoms with E-state index in [1.165, 1.54) is 12.8 Å². The van der Waals surface area contributed by atoms with Gasteiger partial charge >= 0.3 is 0 Å². The van der Waals surface area contributed by atoms with Gasteiger partial charge in [0.2, 0.25) is 0 Å². The summed E-state index contributed by atoms with van der Waals surface area (Å²) < 4.78 is 0. The molecule has 4 N–H and O–H groups in total. The van der Waals surface area contributed by atoms with Gasteiger partial charge in [-0.3, -0.25) is 0 Å². The number of aromatic amines is 2. The van der Waals surface area contributed by atoms with Crippen molar-refractivity contribution in [2.24, 2.45) is 0 Å². The molecular weight excluding hydrogens is 276 g/mol. The maximum Gasteiger partial charge on any atom is 0.124 e. The van der Waals surface area contributed by atoms with Gasteiger partial charge < -0.3 is 20.6 Å². The molecule has 114 valence electrons. The Morgan fingerprint density at radius 2 is 1.32 bits per heavy atom. The fourth-order valence-electron chi connectivity index (χ4n) is 3.13. The van der Waals surface area contributed by atoms with Gasteiger partial charge in [-0.2, -0.15) is 0 Å². The Kier molecular flexibility index (Phi) is 3.67. The Balaban J connectivity index is 1.46. The molecular formula is C16H20N6. The average Bonchev–Trinajstić information content (AvgIpc) is 3.33. The highest BCUT2D eigenvalue weighted by molar-refractivity contribution is 5.35. The van der Waals surface area contributed by atoms with Gasteiger partial charge in [0.25, 0.3) is 0 Å². The summed E-state index contributed by atoms with van der Waals surface area (Å²) in [7, 11) is 0. The van der Waals surface area contributed by atoms with Crippen LogP contribution in [0.15, 0.2) is 12.4 Å². The second-order valence-corrected chi connectivity index (χ2v) is 5.91. The lowest BCUT2D eigenvalue weighted by Crippen LogP contribution is -2.14. The molecule has 2 fully saturated rings. The third kappa shape index (κ3) is 2.78. The van der Waals surface area contributed by atoms with Crippen LogP contribution in [0.4, 0.5) is 0 Å². The summed E-state index contributed by atoms with van der Waals surface area (Å²) in [6.45, 7) is 2.14. The van der Waals surface area contributed by atoms with E-state index in [0.29, 0.717) is 12.1 Å². The van der Waals surface area contributed by atoms with Crippen LogP contribution in [0, 0.1) is 11.8 Å². The Hall–Kier alpha value is -2.10. The maximum absolute atomic E-state index is 4.42. The van der Waals surface area contributed by atoms with Gasteiger partial charge in [0, 0.05) is 0 Å². The molecule has 4 heterocycles. The van der Waals surface area contributed by atoms with Crippen molar-refractivity contribution in [3.8, 4) is 11.8 Å². The SMILES string of the molecule is C(#Cc1cnc([C@@H]2CCCN2)[nH]1)c1cnc([C@@H]2CCCN2)[nH]1. The molecule has 6 heteroatoms. The van der Waals surface area contributed by atoms with Crippen LogP contribution in [0.1, 0.15) is 60.8 Å². The molecule has 4 rings (SSSR count). The zero-order valence-corrected chi connectivity index (χ0v) is 12.4. The standard InChI is InChI=1S/C16H20N6/c1-3-13(17-7-1)15-19-9-11(21-15)5-6-12-10-20-16(22-12)14-4-2-8-18-14/h9-10,13-14,17-18H,1-4,7-8H2,(H,19,21)(H,20,22)/t13-,14-/m0/s1. The quantitative estimate of drug-likeness (QED) is 0.631. The molecule has 0 amide bonds. The van der Waals surface area contributed by atoms with E-state index in [9.17, 15) is 0 Å². The number of H-pyrrole nitrogens is 2. The summed E-state index contributed by atoms with van der Waals surface area (Å²) in [6, 6.07) is 0.700. The third-order valence-corrected chi connectivity index (χ3v) is 4.30. The van der Waals surface area contributed by atoms with E-state index in [4.69, 9.17) is 0 Å². The van der Waals surface area contributed by atoms with Gasteiger partial charge in [0.1, 0.15) is 23.0 Å². The summed E-state index contributed by atoms with van der Waals surface area (Å²) in [5, 5.41) is 6.86. The molecule has 0 aliphatic carbocycles. The molecule has 0 bridgehead atoms. The zero-order chi connectivity index (χ0) is 14.8. The van der Waals surface area contributed by atoms with Crippen LogP contribution in [0.25, 0.3) is 0 Å². The molecule has 2 atom stereocenters. The van der Waals surface area contributed by atoms with Crippen LogP contribution < -0.4 is 10.6 Å². The molecule has 0 spiro atoms. The van der Waals surface area contributed by atoms with Crippen molar-refractivity contribution in [1.29, 1.82) is 0 Å². The largest absolute Gasteiger partial charge is 0.334 e. The Labute approximate surface area is 129 Å². The van der Waals surface area contributed by atoms with Crippen LogP contribution in [0.3, 0.4) is 0 Å². The Morgan fingerprint density at radius 1 is 0.818 bits per heavy atom. The summed E-state index contributed by atoms with van der Waals surface area (Å²) >= 11 is 0. The van der Waals surface area contributed by atoms with Crippen LogP contribution in [0.5, 0.6) is 0 Å². The normalized spacial score (nSPS) is 24.4. The van der Waals surface area contributed by atoms with Crippen LogP contribution in [-0.4, -0.2) is 33.0 Å². The average molecular weight is 296 g/mol. The van der Waals surface area contributed by atoms with E-state index < -0.39 is 0 Å². The first kappa shape index (κ1) is 13.6. The minimum Gasteiger partial charge on any atom is -0.334 e. The minimum absolute atomic E-state index is 0.350. The summed E-state index contributed by atoms with van der Waals surface area (Å²) in [5.41, 5.74) is 1.69. The third-order valence-electron chi connectivity index (χ3n) is 4.30. The van der Waals surface area contributed by atoms with Gasteiger partial charge in [-0.15, -0.1) is 0 Å². The van der Waals surface area contributed by atoms with E-state index >= 15 is 0 Å². The molecule has 2 aromatic heterocycles. The van der Waals surface area contributed by atoms with Crippen molar-refractivity contribution in [2.75, 3.05) is 13.1 Å². The zero-order valence-electron chi connectivity index (χ0n) is 12.4. The highest BCUT2D eigenvalue weighted by Crippen LogP contribution is 2.20. The van der Waals surface area contributed by atoms with Gasteiger partial charge in [0.05, 0.1) is 24.5 Å². The predicted octanol–water partition coefficient (Wildman–Crippen LogP) is 1.38. The van der Waals surface area contributed by atoms with Crippen LogP contribution in [0.2, 0.25) is 0 Å². The molecule has 6 nitrogen and oxygen atoms in total. The summed E-state index contributed by atoms with van der Waals surface area (Å²) in [4.78, 5) is 15.4. The Bertz CT molecular complexity index is 633. The number of nitrogens with zero attached hydrogens (tertiary/aromatic N) is 2. The summed E-state index contributed by atoms with van der Waals surface area (Å²) in [5.74, 6) is 8.22. The summed E-state index contributed by atoms with van der Waals surface area (Å²) in [6.07, 6.45) is 8.30. The van der Waals surface area contributed by atoms with Crippen LogP contribution >= 0.6 is 0 Å². The molecule has 0 radical (unpaired) electrons. The molecule has 2 aromatic rings. The molecule has 2 saturated heterocycles. The van der Waals surface area contributed by atoms with Gasteiger partial charge in [-0.05, 0) is 50.6 Å². The first-order valence-corrected chi connectivity index (χ1v) is 7.97. The fraction of sp³-hybridized carbons (Fsp3) is 0.500. The van der Waals surface area contributed by atoms with E-state index in [-0.39, 0.29) is 0 Å². The maximum atomic E-state index is 4.42. The topological polar surface area (TPSA) is 81.4 Å². The van der Waals surface area contributed by atoms with Gasteiger partial charge in [-0.25, -0.2) is 9.97 Å². The molecule has 0 aromatic carbocycles. The molecule has 2 aliphatic rings. The van der Waals surface area contributed by atoms with Crippen LogP contribution in [-0.2, 0) is 0 Å². The second-order valence-electron chi connectivity index (χ2n) is 5.91. The van der Waals surface area contributed by atoms with Crippen molar-refractivity contribution in [1.82, 2.24) is 30.6 Å². The molecule has 22 heavy (non-hydrogen) atoms. The van der Waals surface area contributed by atoms with E-state index in [1.54, 1.807) is 12.4 Å². The van der Waals surface area contributed by atoms with Crippen molar-refractivity contribution < 1.29 is 0 Å². The monoisotopic (exact) mass is 296 g/mol. The molecule has 2 aliphatic heterocycles. The van der Waals surface area contributed by atoms with Crippen molar-refractivity contribution in [3.05, 3.63) is 35.4 Å². The predicted molar refractivity (Wildman–Crippen MR) is 83.1 cm³/mol. The number of imidazole rings is 2. The molecule has 0 saturated carbocycles. The van der Waals surface area contributed by atoms with E-state index in [0.717, 1.165) is 49.0 Å². The van der Waals surface area contributed by atoms with E-state index in [2.05, 4.69) is 42.4 Å². The number of aromatic nitrogens is 4. The lowest BCUT2D eigenvalue weighted by molar-refractivity contribution is 0.612. The van der Waals surface area contributed by atoms with Gasteiger partial charge in [0.15, 0.2) is 0 Å². The van der Waals surface area contributed by atoms with Crippen molar-refractivity contribution in [3.63, 3.8) is 0 Å². The first-order chi connectivity index (χ1) is 10.9. The lowest BCUT2D eigenvalue weighted by Gasteiger charge is -2.04. The number of hydrogen-bond donors (Lipinski definition) is 4. The van der Waals surface area contributed by atoms with Crippen molar-refractivity contribution in [2.45, 2.75) is 37.8 Å². The fourth-order valence-corrected chi connectivity index (χ4v) is 3.13. The van der Waals surface area contributed by atoms with Gasteiger partial charge in [-0.1, -0.05) is 0 Å². The number of hydrogen-bond acceptors (Lipinski definition) is 4. The first-order valence-electron chi connectivity index (χ1n) is 7.97. The minimum atomic E-state index is 0.350. The van der Waals surface area contributed by atoms with Crippen molar-refractivity contribution >= 4 is 0 Å².